The van der Waals surface area contributed by atoms with Crippen LogP contribution in [0.4, 0.5) is 0 Å². The first kappa shape index (κ1) is 13.5. The van der Waals surface area contributed by atoms with Crippen LogP contribution in [0.1, 0.15) is 46.5 Å². The van der Waals surface area contributed by atoms with Crippen LogP contribution in [-0.4, -0.2) is 30.4 Å². The van der Waals surface area contributed by atoms with Crippen LogP contribution in [0.5, 0.6) is 0 Å². The standard InChI is InChI=1S/C13H26N2O/c1-4-13(5-2)6-7-15(10-13)12(16)8-11(3)9-14/h11H,4-10,14H2,1-3H3. The summed E-state index contributed by atoms with van der Waals surface area (Å²) in [6.45, 7) is 9.01. The maximum Gasteiger partial charge on any atom is 0.222 e. The van der Waals surface area contributed by atoms with E-state index in [0.717, 1.165) is 13.1 Å². The van der Waals surface area contributed by atoms with Crippen molar-refractivity contribution in [2.45, 2.75) is 46.5 Å². The van der Waals surface area contributed by atoms with Crippen LogP contribution >= 0.6 is 0 Å². The number of carbonyl (C=O) groups excluding carboxylic acids is 1. The first-order valence-electron chi connectivity index (χ1n) is 6.54. The van der Waals surface area contributed by atoms with Gasteiger partial charge in [-0.25, -0.2) is 0 Å². The lowest BCUT2D eigenvalue weighted by molar-refractivity contribution is -0.131. The number of rotatable bonds is 5. The maximum atomic E-state index is 12.0. The van der Waals surface area contributed by atoms with Crippen LogP contribution in [0.3, 0.4) is 0 Å². The Labute approximate surface area is 99.4 Å². The normalized spacial score (nSPS) is 21.1. The molecule has 94 valence electrons. The molecule has 1 atom stereocenters. The summed E-state index contributed by atoms with van der Waals surface area (Å²) in [4.78, 5) is 14.0. The summed E-state index contributed by atoms with van der Waals surface area (Å²) in [5.74, 6) is 0.604. The smallest absolute Gasteiger partial charge is 0.222 e. The van der Waals surface area contributed by atoms with Gasteiger partial charge in [0.05, 0.1) is 0 Å². The number of nitrogens with zero attached hydrogens (tertiary/aromatic N) is 1. The number of nitrogens with two attached hydrogens (primary N) is 1. The molecule has 1 fully saturated rings. The van der Waals surface area contributed by atoms with E-state index in [4.69, 9.17) is 5.73 Å². The molecular weight excluding hydrogens is 200 g/mol. The molecule has 1 aliphatic heterocycles. The minimum atomic E-state index is 0.293. The highest BCUT2D eigenvalue weighted by molar-refractivity contribution is 5.76. The summed E-state index contributed by atoms with van der Waals surface area (Å²) in [5.41, 5.74) is 5.94. The summed E-state index contributed by atoms with van der Waals surface area (Å²) in [6.07, 6.45) is 4.14. The van der Waals surface area contributed by atoms with E-state index in [9.17, 15) is 4.79 Å². The van der Waals surface area contributed by atoms with Gasteiger partial charge in [0.1, 0.15) is 0 Å². The Balaban J connectivity index is 2.49. The third-order valence-corrected chi connectivity index (χ3v) is 4.22. The second-order valence-electron chi connectivity index (χ2n) is 5.32. The molecule has 1 heterocycles. The topological polar surface area (TPSA) is 46.3 Å². The van der Waals surface area contributed by atoms with Gasteiger partial charge >= 0.3 is 0 Å². The summed E-state index contributed by atoms with van der Waals surface area (Å²) < 4.78 is 0. The van der Waals surface area contributed by atoms with Crippen LogP contribution in [0.15, 0.2) is 0 Å². The average molecular weight is 226 g/mol. The average Bonchev–Trinajstić information content (AvgIpc) is 2.74. The molecule has 0 spiro atoms. The van der Waals surface area contributed by atoms with Crippen LogP contribution in [-0.2, 0) is 4.79 Å². The summed E-state index contributed by atoms with van der Waals surface area (Å²) in [6, 6.07) is 0. The third kappa shape index (κ3) is 2.97. The molecule has 1 amide bonds. The third-order valence-electron chi connectivity index (χ3n) is 4.22. The zero-order valence-corrected chi connectivity index (χ0v) is 11.0. The minimum absolute atomic E-state index is 0.293. The molecule has 3 nitrogen and oxygen atoms in total. The SMILES string of the molecule is CCC1(CC)CCN(C(=O)CC(C)CN)C1. The molecule has 3 heteroatoms. The Morgan fingerprint density at radius 2 is 2.06 bits per heavy atom. The largest absolute Gasteiger partial charge is 0.342 e. The molecule has 0 saturated carbocycles. The van der Waals surface area contributed by atoms with Gasteiger partial charge in [-0.2, -0.15) is 0 Å². The van der Waals surface area contributed by atoms with Gasteiger partial charge in [-0.05, 0) is 37.1 Å². The van der Waals surface area contributed by atoms with E-state index in [1.807, 2.05) is 11.8 Å². The Hall–Kier alpha value is -0.570. The number of hydrogen-bond donors (Lipinski definition) is 1. The van der Waals surface area contributed by atoms with Crippen molar-refractivity contribution in [1.82, 2.24) is 4.90 Å². The molecule has 0 aromatic carbocycles. The van der Waals surface area contributed by atoms with Crippen molar-refractivity contribution in [3.63, 3.8) is 0 Å². The predicted molar refractivity (Wildman–Crippen MR) is 67.0 cm³/mol. The number of carbonyl (C=O) groups is 1. The second kappa shape index (κ2) is 5.67. The van der Waals surface area contributed by atoms with Gasteiger partial charge in [-0.15, -0.1) is 0 Å². The Morgan fingerprint density at radius 3 is 2.50 bits per heavy atom. The van der Waals surface area contributed by atoms with E-state index < -0.39 is 0 Å². The van der Waals surface area contributed by atoms with E-state index in [-0.39, 0.29) is 0 Å². The fourth-order valence-electron chi connectivity index (χ4n) is 2.49. The molecule has 0 radical (unpaired) electrons. The van der Waals surface area contributed by atoms with E-state index in [2.05, 4.69) is 13.8 Å². The van der Waals surface area contributed by atoms with E-state index in [1.54, 1.807) is 0 Å². The summed E-state index contributed by atoms with van der Waals surface area (Å²) in [7, 11) is 0. The first-order valence-corrected chi connectivity index (χ1v) is 6.54. The quantitative estimate of drug-likeness (QED) is 0.779. The Bertz CT molecular complexity index is 236. The van der Waals surface area contributed by atoms with Crippen molar-refractivity contribution in [3.05, 3.63) is 0 Å². The number of hydrogen-bond acceptors (Lipinski definition) is 2. The fraction of sp³-hybridized carbons (Fsp3) is 0.923. The van der Waals surface area contributed by atoms with Gasteiger partial charge in [-0.1, -0.05) is 20.8 Å². The first-order chi connectivity index (χ1) is 7.56. The number of likely N-dealkylation sites (tertiary alicyclic amines) is 1. The Morgan fingerprint density at radius 1 is 1.44 bits per heavy atom. The van der Waals surface area contributed by atoms with Gasteiger partial charge in [0, 0.05) is 19.5 Å². The highest BCUT2D eigenvalue weighted by Crippen LogP contribution is 2.37. The monoisotopic (exact) mass is 226 g/mol. The van der Waals surface area contributed by atoms with Gasteiger partial charge in [0.2, 0.25) is 5.91 Å². The Kier molecular flexibility index (Phi) is 4.78. The van der Waals surface area contributed by atoms with E-state index in [0.29, 0.717) is 30.2 Å². The zero-order chi connectivity index (χ0) is 12.2. The van der Waals surface area contributed by atoms with Crippen LogP contribution in [0.25, 0.3) is 0 Å². The highest BCUT2D eigenvalue weighted by atomic mass is 16.2. The lowest BCUT2D eigenvalue weighted by atomic mass is 9.82. The van der Waals surface area contributed by atoms with E-state index >= 15 is 0 Å². The molecule has 0 aromatic rings. The van der Waals surface area contributed by atoms with Crippen molar-refractivity contribution in [2.75, 3.05) is 19.6 Å². The lowest BCUT2D eigenvalue weighted by Crippen LogP contribution is -2.33. The molecule has 0 bridgehead atoms. The van der Waals surface area contributed by atoms with Gasteiger partial charge in [-0.3, -0.25) is 4.79 Å². The maximum absolute atomic E-state index is 12.0. The second-order valence-corrected chi connectivity index (χ2v) is 5.32. The van der Waals surface area contributed by atoms with Gasteiger partial charge < -0.3 is 10.6 Å². The molecule has 1 aliphatic rings. The molecule has 1 saturated heterocycles. The molecule has 2 N–H and O–H groups in total. The molecule has 16 heavy (non-hydrogen) atoms. The minimum Gasteiger partial charge on any atom is -0.342 e. The fourth-order valence-corrected chi connectivity index (χ4v) is 2.49. The predicted octanol–water partition coefficient (Wildman–Crippen LogP) is 2.01. The zero-order valence-electron chi connectivity index (χ0n) is 11.0. The molecule has 1 unspecified atom stereocenters. The summed E-state index contributed by atoms with van der Waals surface area (Å²) in [5, 5.41) is 0. The van der Waals surface area contributed by atoms with E-state index in [1.165, 1.54) is 19.3 Å². The summed E-state index contributed by atoms with van der Waals surface area (Å²) >= 11 is 0. The van der Waals surface area contributed by atoms with Crippen molar-refractivity contribution < 1.29 is 4.79 Å². The van der Waals surface area contributed by atoms with Crippen molar-refractivity contribution in [2.24, 2.45) is 17.1 Å². The van der Waals surface area contributed by atoms with Gasteiger partial charge in [0.15, 0.2) is 0 Å². The molecule has 0 aliphatic carbocycles. The van der Waals surface area contributed by atoms with Crippen LogP contribution in [0.2, 0.25) is 0 Å². The van der Waals surface area contributed by atoms with Crippen molar-refractivity contribution >= 4 is 5.91 Å². The molecule has 0 aromatic heterocycles. The van der Waals surface area contributed by atoms with Crippen molar-refractivity contribution in [1.29, 1.82) is 0 Å². The van der Waals surface area contributed by atoms with Crippen LogP contribution < -0.4 is 5.73 Å². The number of amides is 1. The van der Waals surface area contributed by atoms with Crippen LogP contribution in [0, 0.1) is 11.3 Å². The van der Waals surface area contributed by atoms with Crippen molar-refractivity contribution in [3.8, 4) is 0 Å². The lowest BCUT2D eigenvalue weighted by Gasteiger charge is -2.26. The van der Waals surface area contributed by atoms with Gasteiger partial charge in [0.25, 0.3) is 0 Å². The molecule has 1 rings (SSSR count). The highest BCUT2D eigenvalue weighted by Gasteiger charge is 2.36. The molecular formula is C13H26N2O.